The van der Waals surface area contributed by atoms with Crippen molar-refractivity contribution in [3.63, 3.8) is 0 Å². The van der Waals surface area contributed by atoms with Crippen LogP contribution in [0.1, 0.15) is 27.0 Å². The van der Waals surface area contributed by atoms with Crippen LogP contribution in [0.2, 0.25) is 0 Å². The van der Waals surface area contributed by atoms with Crippen molar-refractivity contribution in [1.82, 2.24) is 4.90 Å². The Kier molecular flexibility index (Phi) is 7.09. The van der Waals surface area contributed by atoms with E-state index in [2.05, 4.69) is 9.62 Å². The molecule has 4 rings (SSSR count). The Balaban J connectivity index is 1.57. The van der Waals surface area contributed by atoms with Crippen LogP contribution in [-0.4, -0.2) is 50.6 Å². The second-order valence-corrected chi connectivity index (χ2v) is 10.4. The zero-order valence-corrected chi connectivity index (χ0v) is 20.5. The lowest BCUT2D eigenvalue weighted by Gasteiger charge is -2.37. The van der Waals surface area contributed by atoms with Crippen molar-refractivity contribution < 1.29 is 22.7 Å². The number of sulfonamides is 1. The second kappa shape index (κ2) is 10.1. The van der Waals surface area contributed by atoms with Crippen LogP contribution in [-0.2, 0) is 16.6 Å². The van der Waals surface area contributed by atoms with Crippen molar-refractivity contribution in [2.45, 2.75) is 25.3 Å². The Morgan fingerprint density at radius 2 is 1.71 bits per heavy atom. The SMILES string of the molecule is Cc1ccc(S(=O)(=O)Nc2cc(C(=O)O)ccc2N2CCN(Cc3ccccc3F)CC2)c(C)c1. The number of carboxylic acids is 1. The number of rotatable bonds is 7. The van der Waals surface area contributed by atoms with Crippen molar-refractivity contribution in [3.8, 4) is 0 Å². The molecule has 1 heterocycles. The Bertz CT molecular complexity index is 1350. The summed E-state index contributed by atoms with van der Waals surface area (Å²) in [5, 5.41) is 9.47. The number of hydrogen-bond acceptors (Lipinski definition) is 5. The first-order valence-electron chi connectivity index (χ1n) is 11.3. The molecule has 0 radical (unpaired) electrons. The van der Waals surface area contributed by atoms with E-state index < -0.39 is 16.0 Å². The zero-order chi connectivity index (χ0) is 25.2. The third-order valence-corrected chi connectivity index (χ3v) is 7.70. The maximum absolute atomic E-state index is 14.0. The van der Waals surface area contributed by atoms with Gasteiger partial charge in [0.15, 0.2) is 0 Å². The third-order valence-electron chi connectivity index (χ3n) is 6.17. The summed E-state index contributed by atoms with van der Waals surface area (Å²) in [4.78, 5) is 15.9. The van der Waals surface area contributed by atoms with Gasteiger partial charge in [0, 0.05) is 38.3 Å². The third kappa shape index (κ3) is 5.63. The predicted octanol–water partition coefficient (Wildman–Crippen LogP) is 4.26. The molecule has 0 bridgehead atoms. The van der Waals surface area contributed by atoms with Gasteiger partial charge >= 0.3 is 5.97 Å². The summed E-state index contributed by atoms with van der Waals surface area (Å²) >= 11 is 0. The number of halogens is 1. The minimum atomic E-state index is -3.94. The molecule has 0 atom stereocenters. The molecule has 7 nitrogen and oxygen atoms in total. The van der Waals surface area contributed by atoms with Gasteiger partial charge in [-0.1, -0.05) is 35.9 Å². The van der Waals surface area contributed by atoms with Crippen molar-refractivity contribution in [1.29, 1.82) is 0 Å². The van der Waals surface area contributed by atoms with Gasteiger partial charge in [-0.25, -0.2) is 17.6 Å². The van der Waals surface area contributed by atoms with E-state index in [0.29, 0.717) is 49.5 Å². The minimum Gasteiger partial charge on any atom is -0.478 e. The molecule has 0 spiro atoms. The number of nitrogens with zero attached hydrogens (tertiary/aromatic N) is 2. The standard InChI is InChI=1S/C26H28FN3O4S/c1-18-7-10-25(19(2)15-18)35(33,34)28-23-16-20(26(31)32)8-9-24(23)30-13-11-29(12-14-30)17-21-5-3-4-6-22(21)27/h3-10,15-16,28H,11-14,17H2,1-2H3,(H,31,32). The summed E-state index contributed by atoms with van der Waals surface area (Å²) in [6.07, 6.45) is 0. The van der Waals surface area contributed by atoms with E-state index in [0.717, 1.165) is 5.56 Å². The molecule has 184 valence electrons. The number of aromatic carboxylic acids is 1. The van der Waals surface area contributed by atoms with Crippen molar-refractivity contribution in [2.24, 2.45) is 0 Å². The number of carboxylic acid groups (broad SMARTS) is 1. The number of aryl methyl sites for hydroxylation is 2. The van der Waals surface area contributed by atoms with Gasteiger partial charge in [0.1, 0.15) is 5.82 Å². The van der Waals surface area contributed by atoms with Gasteiger partial charge in [-0.15, -0.1) is 0 Å². The molecule has 1 aliphatic heterocycles. The predicted molar refractivity (Wildman–Crippen MR) is 134 cm³/mol. The largest absolute Gasteiger partial charge is 0.478 e. The van der Waals surface area contributed by atoms with Crippen LogP contribution >= 0.6 is 0 Å². The summed E-state index contributed by atoms with van der Waals surface area (Å²) in [6.45, 7) is 6.57. The molecule has 1 aliphatic rings. The van der Waals surface area contributed by atoms with Crippen LogP contribution in [0.5, 0.6) is 0 Å². The van der Waals surface area contributed by atoms with Crippen LogP contribution in [0.15, 0.2) is 65.6 Å². The van der Waals surface area contributed by atoms with Crippen LogP contribution in [0, 0.1) is 19.7 Å². The fourth-order valence-electron chi connectivity index (χ4n) is 4.34. The smallest absolute Gasteiger partial charge is 0.335 e. The average Bonchev–Trinajstić information content (AvgIpc) is 2.80. The molecule has 3 aromatic rings. The second-order valence-electron chi connectivity index (χ2n) is 8.77. The van der Waals surface area contributed by atoms with Crippen molar-refractivity contribution in [2.75, 3.05) is 35.8 Å². The van der Waals surface area contributed by atoms with E-state index in [-0.39, 0.29) is 22.0 Å². The van der Waals surface area contributed by atoms with Gasteiger partial charge in [-0.3, -0.25) is 9.62 Å². The summed E-state index contributed by atoms with van der Waals surface area (Å²) in [6, 6.07) is 16.2. The molecule has 3 aromatic carbocycles. The fraction of sp³-hybridized carbons (Fsp3) is 0.269. The van der Waals surface area contributed by atoms with E-state index in [1.165, 1.54) is 18.2 Å². The fourth-order valence-corrected chi connectivity index (χ4v) is 5.63. The molecule has 9 heteroatoms. The molecule has 0 amide bonds. The molecule has 1 saturated heterocycles. The van der Waals surface area contributed by atoms with E-state index in [9.17, 15) is 22.7 Å². The van der Waals surface area contributed by atoms with Crippen LogP contribution in [0.4, 0.5) is 15.8 Å². The molecule has 0 aromatic heterocycles. The van der Waals surface area contributed by atoms with E-state index in [1.54, 1.807) is 43.3 Å². The van der Waals surface area contributed by atoms with E-state index >= 15 is 0 Å². The molecular weight excluding hydrogens is 469 g/mol. The highest BCUT2D eigenvalue weighted by molar-refractivity contribution is 7.92. The summed E-state index contributed by atoms with van der Waals surface area (Å²) in [5.74, 6) is -1.37. The Hall–Kier alpha value is -3.43. The van der Waals surface area contributed by atoms with Gasteiger partial charge in [0.25, 0.3) is 10.0 Å². The lowest BCUT2D eigenvalue weighted by molar-refractivity contribution is 0.0697. The molecule has 0 aliphatic carbocycles. The van der Waals surface area contributed by atoms with Crippen LogP contribution in [0.25, 0.3) is 0 Å². The van der Waals surface area contributed by atoms with Gasteiger partial charge in [-0.2, -0.15) is 0 Å². The van der Waals surface area contributed by atoms with Gasteiger partial charge in [0.2, 0.25) is 0 Å². The highest BCUT2D eigenvalue weighted by Crippen LogP contribution is 2.31. The van der Waals surface area contributed by atoms with Gasteiger partial charge < -0.3 is 10.0 Å². The maximum Gasteiger partial charge on any atom is 0.335 e. The lowest BCUT2D eigenvalue weighted by atomic mass is 10.1. The summed E-state index contributed by atoms with van der Waals surface area (Å²) in [5.41, 5.74) is 3.00. The van der Waals surface area contributed by atoms with Gasteiger partial charge in [-0.05, 0) is 49.7 Å². The quantitative estimate of drug-likeness (QED) is 0.507. The first-order valence-corrected chi connectivity index (χ1v) is 12.8. The highest BCUT2D eigenvalue weighted by Gasteiger charge is 2.24. The summed E-state index contributed by atoms with van der Waals surface area (Å²) < 4.78 is 43.1. The minimum absolute atomic E-state index is 0.00901. The maximum atomic E-state index is 14.0. The summed E-state index contributed by atoms with van der Waals surface area (Å²) in [7, 11) is -3.94. The number of piperazine rings is 1. The van der Waals surface area contributed by atoms with Crippen LogP contribution < -0.4 is 9.62 Å². The van der Waals surface area contributed by atoms with E-state index in [4.69, 9.17) is 0 Å². The van der Waals surface area contributed by atoms with Crippen molar-refractivity contribution in [3.05, 3.63) is 88.7 Å². The molecule has 2 N–H and O–H groups in total. The molecular formula is C26H28FN3O4S. The normalized spacial score (nSPS) is 14.7. The van der Waals surface area contributed by atoms with E-state index in [1.807, 2.05) is 17.9 Å². The number of benzene rings is 3. The Morgan fingerprint density at radius 3 is 2.37 bits per heavy atom. The first kappa shape index (κ1) is 24.7. The molecule has 1 fully saturated rings. The number of carbonyl (C=O) groups is 1. The molecule has 0 unspecified atom stereocenters. The first-order chi connectivity index (χ1) is 16.6. The number of anilines is 2. The highest BCUT2D eigenvalue weighted by atomic mass is 32.2. The molecule has 0 saturated carbocycles. The van der Waals surface area contributed by atoms with Crippen molar-refractivity contribution >= 4 is 27.4 Å². The monoisotopic (exact) mass is 497 g/mol. The van der Waals surface area contributed by atoms with Crippen LogP contribution in [0.3, 0.4) is 0 Å². The van der Waals surface area contributed by atoms with Gasteiger partial charge in [0.05, 0.1) is 21.8 Å². The topological polar surface area (TPSA) is 89.9 Å². The lowest BCUT2D eigenvalue weighted by Crippen LogP contribution is -2.46. The Labute approximate surface area is 204 Å². The number of hydrogen-bond donors (Lipinski definition) is 2. The number of nitrogens with one attached hydrogen (secondary N) is 1. The Morgan fingerprint density at radius 1 is 1.00 bits per heavy atom. The molecule has 35 heavy (non-hydrogen) atoms. The zero-order valence-electron chi connectivity index (χ0n) is 19.7. The average molecular weight is 498 g/mol.